The third-order valence-corrected chi connectivity index (χ3v) is 4.57. The summed E-state index contributed by atoms with van der Waals surface area (Å²) in [5, 5.41) is 11.6. The van der Waals surface area contributed by atoms with Gasteiger partial charge in [0.05, 0.1) is 0 Å². The molecule has 3 rings (SSSR count). The molecule has 0 N–H and O–H groups in total. The summed E-state index contributed by atoms with van der Waals surface area (Å²) in [6.45, 7) is 8.44. The molecule has 0 radical (unpaired) electrons. The molecule has 1 aromatic heterocycles. The van der Waals surface area contributed by atoms with Crippen LogP contribution >= 0.6 is 0 Å². The van der Waals surface area contributed by atoms with Crippen LogP contribution < -0.4 is 0 Å². The van der Waals surface area contributed by atoms with Gasteiger partial charge in [0.2, 0.25) is 0 Å². The number of aromatic nitrogens is 4. The van der Waals surface area contributed by atoms with Gasteiger partial charge in [-0.25, -0.2) is 4.68 Å². The molecule has 6 nitrogen and oxygen atoms in total. The van der Waals surface area contributed by atoms with Crippen molar-refractivity contribution in [1.82, 2.24) is 30.0 Å². The van der Waals surface area contributed by atoms with Crippen molar-refractivity contribution in [3.05, 3.63) is 5.82 Å². The highest BCUT2D eigenvalue weighted by atomic mass is 15.5. The molecule has 2 aliphatic rings. The number of likely N-dealkylation sites (tertiary alicyclic amines) is 2. The smallest absolute Gasteiger partial charge is 0.152 e. The Morgan fingerprint density at radius 2 is 2.11 bits per heavy atom. The molecule has 2 saturated heterocycles. The minimum absolute atomic E-state index is 0.493. The van der Waals surface area contributed by atoms with E-state index in [2.05, 4.69) is 39.3 Å². The zero-order valence-corrected chi connectivity index (χ0v) is 11.5. The summed E-state index contributed by atoms with van der Waals surface area (Å²) in [6, 6.07) is 0. The second-order valence-electron chi connectivity index (χ2n) is 6.25. The molecule has 2 aliphatic heterocycles. The summed E-state index contributed by atoms with van der Waals surface area (Å²) < 4.78 is 1.77. The summed E-state index contributed by atoms with van der Waals surface area (Å²) in [6.07, 6.45) is 0.947. The summed E-state index contributed by atoms with van der Waals surface area (Å²) in [5.74, 6) is 1.81. The Labute approximate surface area is 108 Å². The first-order valence-corrected chi connectivity index (χ1v) is 6.69. The molecule has 0 aliphatic carbocycles. The Morgan fingerprint density at radius 1 is 1.28 bits per heavy atom. The van der Waals surface area contributed by atoms with Crippen LogP contribution in [0.2, 0.25) is 0 Å². The molecular weight excluding hydrogens is 228 g/mol. The van der Waals surface area contributed by atoms with Gasteiger partial charge in [-0.15, -0.1) is 5.10 Å². The van der Waals surface area contributed by atoms with E-state index < -0.39 is 0 Å². The van der Waals surface area contributed by atoms with Crippen LogP contribution in [-0.2, 0) is 13.5 Å². The first-order valence-electron chi connectivity index (χ1n) is 6.69. The third-order valence-electron chi connectivity index (χ3n) is 4.57. The Kier molecular flexibility index (Phi) is 2.86. The molecule has 100 valence electrons. The lowest BCUT2D eigenvalue weighted by Crippen LogP contribution is -2.32. The molecule has 3 heterocycles. The van der Waals surface area contributed by atoms with Gasteiger partial charge >= 0.3 is 0 Å². The average molecular weight is 250 g/mol. The maximum atomic E-state index is 4.05. The first kappa shape index (κ1) is 12.0. The van der Waals surface area contributed by atoms with Crippen molar-refractivity contribution in [3.8, 4) is 0 Å². The van der Waals surface area contributed by atoms with Gasteiger partial charge in [-0.3, -0.25) is 0 Å². The molecule has 2 fully saturated rings. The Hall–Kier alpha value is -1.01. The van der Waals surface area contributed by atoms with Crippen LogP contribution in [0.1, 0.15) is 12.7 Å². The molecule has 2 atom stereocenters. The fourth-order valence-corrected chi connectivity index (χ4v) is 3.64. The third kappa shape index (κ3) is 2.03. The quantitative estimate of drug-likeness (QED) is 0.733. The highest BCUT2D eigenvalue weighted by Gasteiger charge is 2.47. The van der Waals surface area contributed by atoms with Gasteiger partial charge in [0.25, 0.3) is 0 Å². The maximum absolute atomic E-state index is 4.05. The zero-order valence-electron chi connectivity index (χ0n) is 11.5. The minimum atomic E-state index is 0.493. The van der Waals surface area contributed by atoms with Gasteiger partial charge in [-0.2, -0.15) is 0 Å². The lowest BCUT2D eigenvalue weighted by Gasteiger charge is -2.23. The van der Waals surface area contributed by atoms with Gasteiger partial charge in [0.15, 0.2) is 5.82 Å². The van der Waals surface area contributed by atoms with E-state index in [1.807, 2.05) is 7.05 Å². The molecule has 0 unspecified atom stereocenters. The SMILES string of the molecule is CN1C[C@@H]2CN(CCc3nnnn3C)C[C@]2(C)C1. The summed E-state index contributed by atoms with van der Waals surface area (Å²) in [5.41, 5.74) is 0.493. The standard InChI is InChI=1S/C12H22N6/c1-12-8-16(2)6-10(12)7-18(9-12)5-4-11-13-14-15-17(11)3/h10H,4-9H2,1-3H3/t10-,12+/m1/s1. The van der Waals surface area contributed by atoms with Gasteiger partial charge in [0, 0.05) is 46.2 Å². The van der Waals surface area contributed by atoms with Crippen molar-refractivity contribution >= 4 is 0 Å². The highest BCUT2D eigenvalue weighted by molar-refractivity contribution is 5.01. The second-order valence-corrected chi connectivity index (χ2v) is 6.25. The van der Waals surface area contributed by atoms with Crippen LogP contribution in [0.3, 0.4) is 0 Å². The van der Waals surface area contributed by atoms with Crippen LogP contribution in [0, 0.1) is 11.3 Å². The molecule has 6 heteroatoms. The van der Waals surface area contributed by atoms with Gasteiger partial charge < -0.3 is 9.80 Å². The van der Waals surface area contributed by atoms with Crippen molar-refractivity contribution in [1.29, 1.82) is 0 Å². The summed E-state index contributed by atoms with van der Waals surface area (Å²) in [4.78, 5) is 5.04. The molecule has 1 aromatic rings. The van der Waals surface area contributed by atoms with E-state index in [0.29, 0.717) is 5.41 Å². The van der Waals surface area contributed by atoms with Gasteiger partial charge in [0.1, 0.15) is 0 Å². The predicted molar refractivity (Wildman–Crippen MR) is 68.0 cm³/mol. The topological polar surface area (TPSA) is 50.1 Å². The van der Waals surface area contributed by atoms with E-state index in [0.717, 1.165) is 24.7 Å². The highest BCUT2D eigenvalue weighted by Crippen LogP contribution is 2.41. The number of hydrogen-bond acceptors (Lipinski definition) is 5. The van der Waals surface area contributed by atoms with Crippen LogP contribution in [-0.4, -0.2) is 69.8 Å². The Balaban J connectivity index is 1.56. The van der Waals surface area contributed by atoms with Crippen LogP contribution in [0.25, 0.3) is 0 Å². The van der Waals surface area contributed by atoms with Crippen molar-refractivity contribution in [2.24, 2.45) is 18.4 Å². The fourth-order valence-electron chi connectivity index (χ4n) is 3.64. The van der Waals surface area contributed by atoms with E-state index in [4.69, 9.17) is 0 Å². The van der Waals surface area contributed by atoms with Crippen LogP contribution in [0.15, 0.2) is 0 Å². The molecule has 0 amide bonds. The lowest BCUT2D eigenvalue weighted by molar-refractivity contribution is 0.244. The number of aryl methyl sites for hydroxylation is 1. The molecular formula is C12H22N6. The van der Waals surface area contributed by atoms with Crippen LogP contribution in [0.5, 0.6) is 0 Å². The Bertz CT molecular complexity index is 430. The maximum Gasteiger partial charge on any atom is 0.152 e. The second kappa shape index (κ2) is 4.28. The van der Waals surface area contributed by atoms with Crippen molar-refractivity contribution in [3.63, 3.8) is 0 Å². The van der Waals surface area contributed by atoms with E-state index in [1.54, 1.807) is 4.68 Å². The molecule has 0 bridgehead atoms. The van der Waals surface area contributed by atoms with Crippen molar-refractivity contribution in [2.75, 3.05) is 39.8 Å². The van der Waals surface area contributed by atoms with Crippen molar-refractivity contribution < 1.29 is 0 Å². The predicted octanol–water partition coefficient (Wildman–Crippen LogP) is -0.364. The molecule has 0 spiro atoms. The van der Waals surface area contributed by atoms with Gasteiger partial charge in [-0.05, 0) is 28.8 Å². The van der Waals surface area contributed by atoms with E-state index >= 15 is 0 Å². The normalized spacial score (nSPS) is 33.2. The van der Waals surface area contributed by atoms with Crippen molar-refractivity contribution in [2.45, 2.75) is 13.3 Å². The van der Waals surface area contributed by atoms with Gasteiger partial charge in [-0.1, -0.05) is 6.92 Å². The molecule has 0 aromatic carbocycles. The number of tetrazole rings is 1. The van der Waals surface area contributed by atoms with Crippen LogP contribution in [0.4, 0.5) is 0 Å². The summed E-state index contributed by atoms with van der Waals surface area (Å²) >= 11 is 0. The number of nitrogens with zero attached hydrogens (tertiary/aromatic N) is 6. The molecule has 18 heavy (non-hydrogen) atoms. The monoisotopic (exact) mass is 250 g/mol. The minimum Gasteiger partial charge on any atom is -0.305 e. The van der Waals surface area contributed by atoms with E-state index in [9.17, 15) is 0 Å². The average Bonchev–Trinajstić information content (AvgIpc) is 2.87. The first-order chi connectivity index (χ1) is 8.57. The van der Waals surface area contributed by atoms with E-state index in [-0.39, 0.29) is 0 Å². The summed E-state index contributed by atoms with van der Waals surface area (Å²) in [7, 11) is 4.14. The zero-order chi connectivity index (χ0) is 12.8. The number of fused-ring (bicyclic) bond motifs is 1. The number of rotatable bonds is 3. The lowest BCUT2D eigenvalue weighted by atomic mass is 9.83. The molecule has 0 saturated carbocycles. The largest absolute Gasteiger partial charge is 0.305 e. The Morgan fingerprint density at radius 3 is 2.78 bits per heavy atom. The van der Waals surface area contributed by atoms with E-state index in [1.165, 1.54) is 26.2 Å². The number of hydrogen-bond donors (Lipinski definition) is 0. The fraction of sp³-hybridized carbons (Fsp3) is 0.917.